The van der Waals surface area contributed by atoms with Crippen LogP contribution in [0.4, 0.5) is 5.69 Å². The summed E-state index contributed by atoms with van der Waals surface area (Å²) in [6.07, 6.45) is 4.84. The van der Waals surface area contributed by atoms with Crippen LogP contribution in [0.1, 0.15) is 72.4 Å². The molecule has 2 radical (unpaired) electrons. The minimum atomic E-state index is -0.00477. The molecule has 2 N–H and O–H groups in total. The summed E-state index contributed by atoms with van der Waals surface area (Å²) in [6, 6.07) is 33.4. The number of anilines is 1. The number of hydrogen-bond donors (Lipinski definition) is 2. The number of nitrogens with one attached hydrogen (secondary N) is 1. The summed E-state index contributed by atoms with van der Waals surface area (Å²) in [4.78, 5) is 21.7. The van der Waals surface area contributed by atoms with E-state index in [4.69, 9.17) is 16.7 Å². The Morgan fingerprint density at radius 1 is 0.922 bits per heavy atom. The zero-order valence-corrected chi connectivity index (χ0v) is 31.7. The molecule has 0 unspecified atom stereocenters. The van der Waals surface area contributed by atoms with Crippen molar-refractivity contribution >= 4 is 38.1 Å². The Hall–Kier alpha value is -4.21. The largest absolute Gasteiger partial charge is 0.408 e. The number of aryl methyl sites for hydroxylation is 1. The minimum Gasteiger partial charge on any atom is -0.408 e. The molecule has 4 aromatic carbocycles. The van der Waals surface area contributed by atoms with Crippen LogP contribution in [0.3, 0.4) is 0 Å². The van der Waals surface area contributed by atoms with Crippen LogP contribution in [0.15, 0.2) is 97.1 Å². The lowest BCUT2D eigenvalue weighted by atomic mass is 9.93. The molecule has 0 saturated heterocycles. The van der Waals surface area contributed by atoms with Crippen LogP contribution in [-0.4, -0.2) is 66.0 Å². The number of hydrogen-bond acceptors (Lipinski definition) is 5. The molecule has 0 fully saturated rings. The zero-order valence-electron chi connectivity index (χ0n) is 29.9. The molecule has 6 rings (SSSR count). The minimum absolute atomic E-state index is 0.00477. The molecule has 9 heteroatoms. The number of rotatable bonds is 15. The first-order valence-corrected chi connectivity index (χ1v) is 19.5. The maximum atomic E-state index is 13.7. The van der Waals surface area contributed by atoms with Crippen LogP contribution >= 0.6 is 11.6 Å². The quantitative estimate of drug-likeness (QED) is 0.108. The van der Waals surface area contributed by atoms with E-state index in [1.165, 1.54) is 16.3 Å². The number of benzene rings is 4. The SMILES string of the molecule is CCCCN(CCCC)C(=O)c1cc(C)n(-c2ccc(N[Si]c3ccc(-c4ccc(Cl)cc4)cc3)cc2CN2Cc3ccccc3C[C@H]2CO)n1. The van der Waals surface area contributed by atoms with Crippen molar-refractivity contribution in [2.24, 2.45) is 0 Å². The lowest BCUT2D eigenvalue weighted by molar-refractivity contribution is 0.0744. The van der Waals surface area contributed by atoms with E-state index in [2.05, 4.69) is 90.5 Å². The van der Waals surface area contributed by atoms with Crippen molar-refractivity contribution < 1.29 is 9.90 Å². The van der Waals surface area contributed by atoms with E-state index in [0.717, 1.165) is 90.5 Å². The third-order valence-electron chi connectivity index (χ3n) is 9.73. The summed E-state index contributed by atoms with van der Waals surface area (Å²) >= 11 is 6.09. The highest BCUT2D eigenvalue weighted by Crippen LogP contribution is 2.29. The number of aliphatic hydroxyl groups excluding tert-OH is 1. The van der Waals surface area contributed by atoms with Gasteiger partial charge in [0.2, 0.25) is 9.68 Å². The number of halogens is 1. The average Bonchev–Trinajstić information content (AvgIpc) is 3.55. The fourth-order valence-electron chi connectivity index (χ4n) is 6.75. The summed E-state index contributed by atoms with van der Waals surface area (Å²) < 4.78 is 1.92. The smallest absolute Gasteiger partial charge is 0.274 e. The second-order valence-corrected chi connectivity index (χ2v) is 15.0. The molecule has 1 amide bonds. The number of aliphatic hydroxyl groups is 1. The molecule has 1 aliphatic rings. The van der Waals surface area contributed by atoms with E-state index < -0.39 is 0 Å². The fraction of sp³-hybridized carbons (Fsp3) is 0.333. The van der Waals surface area contributed by atoms with E-state index in [1.807, 2.05) is 46.8 Å². The molecule has 2 heterocycles. The molecule has 0 saturated carbocycles. The number of carbonyl (C=O) groups excluding carboxylic acids is 1. The number of nitrogens with zero attached hydrogens (tertiary/aromatic N) is 4. The molecule has 1 aromatic heterocycles. The second-order valence-electron chi connectivity index (χ2n) is 13.5. The Balaban J connectivity index is 1.28. The Bertz CT molecular complexity index is 1900. The van der Waals surface area contributed by atoms with Gasteiger partial charge in [-0.3, -0.25) is 9.69 Å². The van der Waals surface area contributed by atoms with Crippen molar-refractivity contribution in [2.45, 2.75) is 72.0 Å². The highest BCUT2D eigenvalue weighted by molar-refractivity contribution is 6.56. The van der Waals surface area contributed by atoms with Gasteiger partial charge in [-0.05, 0) is 95.6 Å². The van der Waals surface area contributed by atoms with E-state index in [-0.39, 0.29) is 18.6 Å². The van der Waals surface area contributed by atoms with Crippen molar-refractivity contribution in [1.82, 2.24) is 19.6 Å². The number of aromatic nitrogens is 2. The zero-order chi connectivity index (χ0) is 35.7. The summed E-state index contributed by atoms with van der Waals surface area (Å²) in [5, 5.41) is 17.4. The van der Waals surface area contributed by atoms with Gasteiger partial charge in [0, 0.05) is 48.6 Å². The topological polar surface area (TPSA) is 73.6 Å². The predicted molar refractivity (Wildman–Crippen MR) is 210 cm³/mol. The van der Waals surface area contributed by atoms with Gasteiger partial charge in [-0.15, -0.1) is 0 Å². The Kier molecular flexibility index (Phi) is 12.4. The van der Waals surface area contributed by atoms with Crippen LogP contribution in [0.5, 0.6) is 0 Å². The first kappa shape index (κ1) is 36.6. The Labute approximate surface area is 310 Å². The van der Waals surface area contributed by atoms with Crippen LogP contribution in [0.25, 0.3) is 16.8 Å². The lowest BCUT2D eigenvalue weighted by Crippen LogP contribution is -2.42. The Morgan fingerprint density at radius 2 is 1.59 bits per heavy atom. The number of carbonyl (C=O) groups is 1. The molecule has 51 heavy (non-hydrogen) atoms. The van der Waals surface area contributed by atoms with Crippen molar-refractivity contribution in [3.63, 3.8) is 0 Å². The van der Waals surface area contributed by atoms with E-state index in [1.54, 1.807) is 0 Å². The summed E-state index contributed by atoms with van der Waals surface area (Å²) in [5.41, 5.74) is 9.32. The monoisotopic (exact) mass is 717 g/mol. The fourth-order valence-corrected chi connectivity index (χ4v) is 7.66. The van der Waals surface area contributed by atoms with Gasteiger partial charge >= 0.3 is 0 Å². The second kappa shape index (κ2) is 17.3. The van der Waals surface area contributed by atoms with E-state index in [9.17, 15) is 9.90 Å². The van der Waals surface area contributed by atoms with Crippen molar-refractivity contribution in [3.05, 3.63) is 130 Å². The summed E-state index contributed by atoms with van der Waals surface area (Å²) in [6.45, 7) is 9.29. The number of unbranched alkanes of at least 4 members (excludes halogenated alkanes) is 2. The van der Waals surface area contributed by atoms with Gasteiger partial charge in [-0.2, -0.15) is 5.10 Å². The van der Waals surface area contributed by atoms with Crippen LogP contribution in [0.2, 0.25) is 5.02 Å². The highest BCUT2D eigenvalue weighted by atomic mass is 35.5. The van der Waals surface area contributed by atoms with Gasteiger partial charge in [0.25, 0.3) is 5.91 Å². The molecular formula is C42H48ClN5O2Si. The van der Waals surface area contributed by atoms with Gasteiger partial charge in [-0.25, -0.2) is 4.68 Å². The molecule has 5 aromatic rings. The van der Waals surface area contributed by atoms with Crippen LogP contribution in [0, 0.1) is 6.92 Å². The predicted octanol–water partition coefficient (Wildman–Crippen LogP) is 7.82. The average molecular weight is 718 g/mol. The van der Waals surface area contributed by atoms with E-state index >= 15 is 0 Å². The molecule has 1 atom stereocenters. The van der Waals surface area contributed by atoms with Crippen LogP contribution < -0.4 is 10.2 Å². The summed E-state index contributed by atoms with van der Waals surface area (Å²) in [5.74, 6) is -0.00477. The van der Waals surface area contributed by atoms with Gasteiger partial charge in [0.15, 0.2) is 5.69 Å². The first-order valence-electron chi connectivity index (χ1n) is 18.2. The van der Waals surface area contributed by atoms with Crippen LogP contribution in [-0.2, 0) is 19.5 Å². The van der Waals surface area contributed by atoms with Gasteiger partial charge in [0.05, 0.1) is 12.3 Å². The molecule has 1 aliphatic heterocycles. The number of fused-ring (bicyclic) bond motifs is 1. The van der Waals surface area contributed by atoms with Gasteiger partial charge in [-0.1, -0.05) is 99.0 Å². The lowest BCUT2D eigenvalue weighted by Gasteiger charge is -2.36. The molecule has 7 nitrogen and oxygen atoms in total. The third kappa shape index (κ3) is 9.00. The van der Waals surface area contributed by atoms with Crippen molar-refractivity contribution in [3.8, 4) is 16.8 Å². The third-order valence-corrected chi connectivity index (χ3v) is 11.0. The molecule has 0 spiro atoms. The van der Waals surface area contributed by atoms with Crippen molar-refractivity contribution in [2.75, 3.05) is 24.7 Å². The standard InChI is InChI=1S/C42H48ClN5O2Si/c1-4-6-22-46(23-7-5-2)42(50)40-24-30(3)48(44-40)41-21-18-37(45-51-39-19-14-32(15-20-39)31-12-16-36(43)17-13-31)25-35(41)28-47-27-34-11-9-8-10-33(34)26-38(47)29-49/h8-21,24-25,38,45,49H,4-7,22-23,26-29H2,1-3H3/t38-/m0/s1. The normalized spacial score (nSPS) is 14.3. The maximum absolute atomic E-state index is 13.7. The Morgan fingerprint density at radius 3 is 2.25 bits per heavy atom. The van der Waals surface area contributed by atoms with E-state index in [0.29, 0.717) is 21.9 Å². The highest BCUT2D eigenvalue weighted by Gasteiger charge is 2.27. The van der Waals surface area contributed by atoms with Gasteiger partial charge < -0.3 is 15.0 Å². The maximum Gasteiger partial charge on any atom is 0.274 e. The molecule has 264 valence electrons. The molecular weight excluding hydrogens is 670 g/mol. The number of amides is 1. The first-order chi connectivity index (χ1) is 24.9. The van der Waals surface area contributed by atoms with Gasteiger partial charge in [0.1, 0.15) is 0 Å². The van der Waals surface area contributed by atoms with Crippen molar-refractivity contribution in [1.29, 1.82) is 0 Å². The molecule has 0 bridgehead atoms. The molecule has 0 aliphatic carbocycles. The summed E-state index contributed by atoms with van der Waals surface area (Å²) in [7, 11) is 0.369.